The lowest BCUT2D eigenvalue weighted by Gasteiger charge is -2.01. The molecule has 0 aliphatic heterocycles. The molecule has 7 nitrogen and oxygen atoms in total. The summed E-state index contributed by atoms with van der Waals surface area (Å²) in [5, 5.41) is 21.5. The Morgan fingerprint density at radius 2 is 0.906 bits per heavy atom. The fourth-order valence-electron chi connectivity index (χ4n) is 3.35. The van der Waals surface area contributed by atoms with E-state index in [-0.39, 0.29) is 0 Å². The summed E-state index contributed by atoms with van der Waals surface area (Å²) in [5.74, 6) is -1.35. The van der Waals surface area contributed by atoms with Crippen LogP contribution in [0.4, 0.5) is 0 Å². The lowest BCUT2D eigenvalue weighted by atomic mass is 10.1. The van der Waals surface area contributed by atoms with Crippen LogP contribution in [0.1, 0.15) is 128 Å². The first-order valence-corrected chi connectivity index (χ1v) is 13.7. The molecule has 8 heteroatoms. The van der Waals surface area contributed by atoms with Crippen molar-refractivity contribution < 1.29 is 19.8 Å². The number of halogens is 1. The second kappa shape index (κ2) is 29.7. The Kier molecular flexibility index (Phi) is 30.6. The number of rotatable bonds is 23. The third kappa shape index (κ3) is 36.1. The van der Waals surface area contributed by atoms with Gasteiger partial charge in [0.1, 0.15) is 0 Å². The van der Waals surface area contributed by atoms with E-state index in [9.17, 15) is 9.59 Å². The predicted octanol–water partition coefficient (Wildman–Crippen LogP) is 8.65. The van der Waals surface area contributed by atoms with E-state index in [2.05, 4.69) is 26.0 Å². The van der Waals surface area contributed by atoms with Gasteiger partial charge in [0, 0.05) is 29.6 Å². The first-order valence-electron chi connectivity index (χ1n) is 12.5. The Morgan fingerprint density at radius 1 is 0.594 bits per heavy atom. The Labute approximate surface area is 203 Å². The van der Waals surface area contributed by atoms with Gasteiger partial charge >= 0.3 is 11.9 Å². The third-order valence-electron chi connectivity index (χ3n) is 5.24. The Balaban J connectivity index is 0. The van der Waals surface area contributed by atoms with Crippen molar-refractivity contribution in [3.63, 3.8) is 0 Å². The monoisotopic (exact) mass is 519 g/mol. The van der Waals surface area contributed by atoms with Gasteiger partial charge in [-0.15, -0.1) is 0 Å². The molecule has 0 spiro atoms. The van der Waals surface area contributed by atoms with E-state index in [4.69, 9.17) is 15.7 Å². The average Bonchev–Trinajstić information content (AvgIpc) is 2.76. The molecule has 0 bridgehead atoms. The van der Waals surface area contributed by atoms with E-state index in [1.54, 1.807) is 0 Å². The quantitative estimate of drug-likeness (QED) is 0.0460. The number of azide groups is 1. The van der Waals surface area contributed by atoms with Gasteiger partial charge in [-0.05, 0) is 31.2 Å². The van der Waals surface area contributed by atoms with Crippen molar-refractivity contribution in [1.29, 1.82) is 0 Å². The molecular weight excluding hydrogens is 474 g/mol. The molecule has 0 aromatic heterocycles. The molecule has 188 valence electrons. The number of hydrogen-bond donors (Lipinski definition) is 2. The summed E-state index contributed by atoms with van der Waals surface area (Å²) in [6, 6.07) is 0. The van der Waals surface area contributed by atoms with Crippen molar-refractivity contribution in [2.45, 2.75) is 128 Å². The van der Waals surface area contributed by atoms with Crippen LogP contribution in [0.25, 0.3) is 10.4 Å². The van der Waals surface area contributed by atoms with Crippen molar-refractivity contribution in [2.75, 3.05) is 11.9 Å². The molecule has 32 heavy (non-hydrogen) atoms. The molecule has 0 atom stereocenters. The van der Waals surface area contributed by atoms with Gasteiger partial charge < -0.3 is 10.2 Å². The maximum Gasteiger partial charge on any atom is 0.303 e. The molecule has 0 unspecified atom stereocenters. The van der Waals surface area contributed by atoms with Crippen LogP contribution >= 0.6 is 15.9 Å². The summed E-state index contributed by atoms with van der Waals surface area (Å²) in [6.07, 6.45) is 21.6. The molecule has 2 N–H and O–H groups in total. The highest BCUT2D eigenvalue weighted by Gasteiger charge is 1.97. The van der Waals surface area contributed by atoms with E-state index in [0.717, 1.165) is 50.3 Å². The normalized spacial score (nSPS) is 10.2. The fourth-order valence-corrected chi connectivity index (χ4v) is 3.75. The molecule has 0 aliphatic carbocycles. The topological polar surface area (TPSA) is 123 Å². The molecule has 0 heterocycles. The zero-order valence-corrected chi connectivity index (χ0v) is 21.6. The standard InChI is InChI=1S/C12H23BrO2.C12H23N3O2/c13-11-9-7-5-3-1-2-4-6-8-10-12(14)15;13-15-14-11-9-7-5-3-1-2-4-6-8-10-12(16)17/h1-11H2,(H,14,15);1-11H2,(H,16,17). The van der Waals surface area contributed by atoms with Gasteiger partial charge in [-0.3, -0.25) is 9.59 Å². The van der Waals surface area contributed by atoms with Crippen LogP contribution in [-0.2, 0) is 9.59 Å². The van der Waals surface area contributed by atoms with E-state index < -0.39 is 11.9 Å². The van der Waals surface area contributed by atoms with Gasteiger partial charge in [-0.2, -0.15) is 0 Å². The molecule has 0 radical (unpaired) electrons. The van der Waals surface area contributed by atoms with Gasteiger partial charge in [0.05, 0.1) is 0 Å². The van der Waals surface area contributed by atoms with Crippen LogP contribution < -0.4 is 0 Å². The first kappa shape index (κ1) is 32.9. The predicted molar refractivity (Wildman–Crippen MR) is 135 cm³/mol. The molecule has 0 saturated carbocycles. The van der Waals surface area contributed by atoms with E-state index in [1.165, 1.54) is 70.6 Å². The number of unbranched alkanes of at least 4 members (excludes halogenated alkanes) is 16. The molecule has 0 rings (SSSR count). The van der Waals surface area contributed by atoms with Crippen LogP contribution in [0, 0.1) is 0 Å². The van der Waals surface area contributed by atoms with Crippen molar-refractivity contribution in [3.05, 3.63) is 10.4 Å². The van der Waals surface area contributed by atoms with Gasteiger partial charge in [0.2, 0.25) is 0 Å². The highest BCUT2D eigenvalue weighted by atomic mass is 79.9. The van der Waals surface area contributed by atoms with Crippen LogP contribution in [0.15, 0.2) is 5.11 Å². The highest BCUT2D eigenvalue weighted by Crippen LogP contribution is 2.11. The van der Waals surface area contributed by atoms with Crippen molar-refractivity contribution in [3.8, 4) is 0 Å². The number of hydrogen-bond acceptors (Lipinski definition) is 3. The lowest BCUT2D eigenvalue weighted by Crippen LogP contribution is -1.93. The Hall–Kier alpha value is -1.27. The lowest BCUT2D eigenvalue weighted by molar-refractivity contribution is -0.138. The summed E-state index contributed by atoms with van der Waals surface area (Å²) in [4.78, 5) is 23.2. The summed E-state index contributed by atoms with van der Waals surface area (Å²) in [7, 11) is 0. The number of nitrogens with zero attached hydrogens (tertiary/aromatic N) is 3. The molecule has 0 fully saturated rings. The summed E-state index contributed by atoms with van der Waals surface area (Å²) >= 11 is 3.42. The second-order valence-electron chi connectivity index (χ2n) is 8.29. The van der Waals surface area contributed by atoms with Gasteiger partial charge in [-0.1, -0.05) is 111 Å². The van der Waals surface area contributed by atoms with Gasteiger partial charge in [0.15, 0.2) is 0 Å². The SMILES string of the molecule is O=C(O)CCCCCCCCCCCBr.[N-]=[N+]=NCCCCCCCCCCCC(=O)O. The molecular formula is C24H46BrN3O4. The minimum atomic E-state index is -0.690. The van der Waals surface area contributed by atoms with Crippen LogP contribution in [-0.4, -0.2) is 34.0 Å². The van der Waals surface area contributed by atoms with Crippen LogP contribution in [0.3, 0.4) is 0 Å². The van der Waals surface area contributed by atoms with Crippen molar-refractivity contribution in [1.82, 2.24) is 0 Å². The largest absolute Gasteiger partial charge is 0.481 e. The zero-order valence-electron chi connectivity index (χ0n) is 20.0. The third-order valence-corrected chi connectivity index (χ3v) is 5.80. The molecule has 0 aromatic carbocycles. The van der Waals surface area contributed by atoms with Crippen LogP contribution in [0.2, 0.25) is 0 Å². The maximum atomic E-state index is 10.3. The van der Waals surface area contributed by atoms with Crippen LogP contribution in [0.5, 0.6) is 0 Å². The smallest absolute Gasteiger partial charge is 0.303 e. The van der Waals surface area contributed by atoms with E-state index in [0.29, 0.717) is 19.4 Å². The summed E-state index contributed by atoms with van der Waals surface area (Å²) in [5.41, 5.74) is 8.07. The van der Waals surface area contributed by atoms with Crippen molar-refractivity contribution in [2.24, 2.45) is 5.11 Å². The number of carboxylic acid groups (broad SMARTS) is 2. The maximum absolute atomic E-state index is 10.3. The number of aliphatic carboxylic acids is 2. The minimum absolute atomic E-state index is 0.305. The second-order valence-corrected chi connectivity index (χ2v) is 9.09. The van der Waals surface area contributed by atoms with Crippen molar-refractivity contribution >= 4 is 27.9 Å². The number of carboxylic acids is 2. The first-order chi connectivity index (χ1) is 15.5. The Morgan fingerprint density at radius 3 is 1.22 bits per heavy atom. The summed E-state index contributed by atoms with van der Waals surface area (Å²) < 4.78 is 0. The minimum Gasteiger partial charge on any atom is -0.481 e. The zero-order chi connectivity index (χ0) is 24.1. The highest BCUT2D eigenvalue weighted by molar-refractivity contribution is 9.09. The Bertz CT molecular complexity index is 462. The van der Waals surface area contributed by atoms with Gasteiger partial charge in [-0.25, -0.2) is 0 Å². The van der Waals surface area contributed by atoms with E-state index in [1.807, 2.05) is 0 Å². The molecule has 0 saturated heterocycles. The van der Waals surface area contributed by atoms with Gasteiger partial charge in [0.25, 0.3) is 0 Å². The number of carbonyl (C=O) groups is 2. The molecule has 0 amide bonds. The number of alkyl halides is 1. The van der Waals surface area contributed by atoms with E-state index >= 15 is 0 Å². The fraction of sp³-hybridized carbons (Fsp3) is 0.917. The average molecular weight is 521 g/mol. The molecule has 0 aromatic rings. The summed E-state index contributed by atoms with van der Waals surface area (Å²) in [6.45, 7) is 0.617. The molecule has 0 aliphatic rings.